The summed E-state index contributed by atoms with van der Waals surface area (Å²) in [5, 5.41) is 3.31. The molecular weight excluding hydrogens is 248 g/mol. The van der Waals surface area contributed by atoms with Crippen LogP contribution < -0.4 is 10.0 Å². The van der Waals surface area contributed by atoms with E-state index in [9.17, 15) is 8.42 Å². The standard InChI is InChI=1S/C13H22N2O2S/c1-3-5-6-11-14-12-7-9-13(10-8-12)15-18(16,17)4-2/h7-10,14-15H,3-6,11H2,1-2H3. The van der Waals surface area contributed by atoms with Gasteiger partial charge in [0.25, 0.3) is 0 Å². The average Bonchev–Trinajstić information content (AvgIpc) is 2.36. The van der Waals surface area contributed by atoms with Crippen LogP contribution in [0, 0.1) is 0 Å². The van der Waals surface area contributed by atoms with E-state index in [0.717, 1.165) is 18.7 Å². The summed E-state index contributed by atoms with van der Waals surface area (Å²) in [6, 6.07) is 7.32. The molecule has 0 aromatic heterocycles. The van der Waals surface area contributed by atoms with Crippen molar-refractivity contribution < 1.29 is 8.42 Å². The van der Waals surface area contributed by atoms with Crippen LogP contribution in [-0.2, 0) is 10.0 Å². The molecule has 0 atom stereocenters. The minimum atomic E-state index is -3.18. The van der Waals surface area contributed by atoms with E-state index < -0.39 is 10.0 Å². The van der Waals surface area contributed by atoms with E-state index in [-0.39, 0.29) is 5.75 Å². The second-order valence-electron chi connectivity index (χ2n) is 4.22. The minimum absolute atomic E-state index is 0.0873. The van der Waals surface area contributed by atoms with Crippen molar-refractivity contribution in [1.29, 1.82) is 0 Å². The van der Waals surface area contributed by atoms with Crippen LogP contribution in [-0.4, -0.2) is 20.7 Å². The van der Waals surface area contributed by atoms with Crippen LogP contribution in [0.15, 0.2) is 24.3 Å². The van der Waals surface area contributed by atoms with Crippen molar-refractivity contribution in [2.45, 2.75) is 33.1 Å². The number of sulfonamides is 1. The summed E-state index contributed by atoms with van der Waals surface area (Å²) in [7, 11) is -3.18. The predicted octanol–water partition coefficient (Wildman–Crippen LogP) is 3.05. The van der Waals surface area contributed by atoms with Crippen LogP contribution in [0.4, 0.5) is 11.4 Å². The van der Waals surface area contributed by atoms with Crippen LogP contribution in [0.5, 0.6) is 0 Å². The van der Waals surface area contributed by atoms with Gasteiger partial charge >= 0.3 is 0 Å². The molecule has 1 aromatic carbocycles. The maximum absolute atomic E-state index is 11.4. The first-order valence-corrected chi connectivity index (χ1v) is 8.07. The zero-order valence-corrected chi connectivity index (χ0v) is 11.9. The molecule has 0 heterocycles. The van der Waals surface area contributed by atoms with Gasteiger partial charge < -0.3 is 5.32 Å². The maximum Gasteiger partial charge on any atom is 0.232 e. The molecule has 0 aliphatic rings. The predicted molar refractivity (Wildman–Crippen MR) is 77.5 cm³/mol. The summed E-state index contributed by atoms with van der Waals surface area (Å²) in [6.07, 6.45) is 3.58. The van der Waals surface area contributed by atoms with Gasteiger partial charge in [0.2, 0.25) is 10.0 Å². The van der Waals surface area contributed by atoms with Gasteiger partial charge in [0, 0.05) is 17.9 Å². The van der Waals surface area contributed by atoms with E-state index in [1.54, 1.807) is 19.1 Å². The summed E-state index contributed by atoms with van der Waals surface area (Å²) in [4.78, 5) is 0. The summed E-state index contributed by atoms with van der Waals surface area (Å²) >= 11 is 0. The van der Waals surface area contributed by atoms with E-state index >= 15 is 0 Å². The highest BCUT2D eigenvalue weighted by molar-refractivity contribution is 7.92. The maximum atomic E-state index is 11.4. The molecule has 0 spiro atoms. The Bertz CT molecular complexity index is 441. The fourth-order valence-electron chi connectivity index (χ4n) is 1.52. The van der Waals surface area contributed by atoms with Gasteiger partial charge in [0.05, 0.1) is 5.75 Å². The summed E-state index contributed by atoms with van der Waals surface area (Å²) in [5.41, 5.74) is 1.63. The number of unbranched alkanes of at least 4 members (excludes halogenated alkanes) is 2. The number of nitrogens with one attached hydrogen (secondary N) is 2. The van der Waals surface area contributed by atoms with Gasteiger partial charge in [-0.2, -0.15) is 0 Å². The Hall–Kier alpha value is -1.23. The number of hydrogen-bond donors (Lipinski definition) is 2. The molecule has 0 unspecified atom stereocenters. The summed E-state index contributed by atoms with van der Waals surface area (Å²) in [6.45, 7) is 4.74. The van der Waals surface area contributed by atoms with E-state index in [1.165, 1.54) is 12.8 Å². The number of rotatable bonds is 8. The van der Waals surface area contributed by atoms with Crippen molar-refractivity contribution in [2.75, 3.05) is 22.3 Å². The highest BCUT2D eigenvalue weighted by Crippen LogP contribution is 2.15. The Morgan fingerprint density at radius 1 is 1.00 bits per heavy atom. The topological polar surface area (TPSA) is 58.2 Å². The third kappa shape index (κ3) is 5.40. The van der Waals surface area contributed by atoms with Gasteiger partial charge in [-0.05, 0) is 37.6 Å². The molecule has 18 heavy (non-hydrogen) atoms. The molecule has 0 saturated carbocycles. The normalized spacial score (nSPS) is 11.2. The Morgan fingerprint density at radius 2 is 1.61 bits per heavy atom. The summed E-state index contributed by atoms with van der Waals surface area (Å²) < 4.78 is 25.3. The van der Waals surface area contributed by atoms with Crippen LogP contribution in [0.25, 0.3) is 0 Å². The van der Waals surface area contributed by atoms with Crippen molar-refractivity contribution in [3.63, 3.8) is 0 Å². The third-order valence-electron chi connectivity index (χ3n) is 2.65. The second-order valence-corrected chi connectivity index (χ2v) is 6.23. The van der Waals surface area contributed by atoms with Crippen molar-refractivity contribution in [3.8, 4) is 0 Å². The van der Waals surface area contributed by atoms with Gasteiger partial charge in [0.15, 0.2) is 0 Å². The monoisotopic (exact) mass is 270 g/mol. The Morgan fingerprint density at radius 3 is 2.17 bits per heavy atom. The van der Waals surface area contributed by atoms with Crippen LogP contribution in [0.1, 0.15) is 33.1 Å². The molecule has 1 aromatic rings. The molecule has 0 aliphatic carbocycles. The molecule has 0 aliphatic heterocycles. The fourth-order valence-corrected chi connectivity index (χ4v) is 2.16. The number of hydrogen-bond acceptors (Lipinski definition) is 3. The lowest BCUT2D eigenvalue weighted by Gasteiger charge is -2.08. The van der Waals surface area contributed by atoms with Crippen molar-refractivity contribution in [1.82, 2.24) is 0 Å². The van der Waals surface area contributed by atoms with Gasteiger partial charge in [-0.1, -0.05) is 19.8 Å². The lowest BCUT2D eigenvalue weighted by Crippen LogP contribution is -2.14. The summed E-state index contributed by atoms with van der Waals surface area (Å²) in [5.74, 6) is 0.0873. The molecule has 0 saturated heterocycles. The molecular formula is C13H22N2O2S. The van der Waals surface area contributed by atoms with Crippen molar-refractivity contribution in [3.05, 3.63) is 24.3 Å². The Kier molecular flexibility index (Phi) is 5.98. The highest BCUT2D eigenvalue weighted by Gasteiger charge is 2.05. The van der Waals surface area contributed by atoms with E-state index in [4.69, 9.17) is 0 Å². The lowest BCUT2D eigenvalue weighted by molar-refractivity contribution is 0.602. The molecule has 0 fully saturated rings. The van der Waals surface area contributed by atoms with E-state index in [0.29, 0.717) is 5.69 Å². The van der Waals surface area contributed by atoms with Crippen LogP contribution in [0.2, 0.25) is 0 Å². The molecule has 0 amide bonds. The zero-order valence-electron chi connectivity index (χ0n) is 11.1. The largest absolute Gasteiger partial charge is 0.385 e. The zero-order chi connectivity index (χ0) is 13.4. The molecule has 4 nitrogen and oxygen atoms in total. The Labute approximate surface area is 110 Å². The molecule has 0 radical (unpaired) electrons. The molecule has 2 N–H and O–H groups in total. The first-order valence-electron chi connectivity index (χ1n) is 6.42. The smallest absolute Gasteiger partial charge is 0.232 e. The van der Waals surface area contributed by atoms with Crippen molar-refractivity contribution >= 4 is 21.4 Å². The molecule has 0 bridgehead atoms. The SMILES string of the molecule is CCCCCNc1ccc(NS(=O)(=O)CC)cc1. The quantitative estimate of drug-likeness (QED) is 0.714. The van der Waals surface area contributed by atoms with Gasteiger partial charge in [-0.3, -0.25) is 4.72 Å². The number of anilines is 2. The number of benzene rings is 1. The van der Waals surface area contributed by atoms with Gasteiger partial charge in [-0.25, -0.2) is 8.42 Å². The average molecular weight is 270 g/mol. The fraction of sp³-hybridized carbons (Fsp3) is 0.538. The second kappa shape index (κ2) is 7.26. The van der Waals surface area contributed by atoms with Gasteiger partial charge in [-0.15, -0.1) is 0 Å². The molecule has 1 rings (SSSR count). The minimum Gasteiger partial charge on any atom is -0.385 e. The highest BCUT2D eigenvalue weighted by atomic mass is 32.2. The van der Waals surface area contributed by atoms with E-state index in [2.05, 4.69) is 17.0 Å². The first-order chi connectivity index (χ1) is 8.57. The first kappa shape index (κ1) is 14.8. The van der Waals surface area contributed by atoms with Crippen LogP contribution in [0.3, 0.4) is 0 Å². The van der Waals surface area contributed by atoms with Crippen LogP contribution >= 0.6 is 0 Å². The molecule has 5 heteroatoms. The third-order valence-corrected chi connectivity index (χ3v) is 3.95. The lowest BCUT2D eigenvalue weighted by atomic mass is 10.2. The van der Waals surface area contributed by atoms with Crippen molar-refractivity contribution in [2.24, 2.45) is 0 Å². The molecule has 102 valence electrons. The van der Waals surface area contributed by atoms with Gasteiger partial charge in [0.1, 0.15) is 0 Å². The van der Waals surface area contributed by atoms with E-state index in [1.807, 2.05) is 12.1 Å². The Balaban J connectivity index is 2.47.